The van der Waals surface area contributed by atoms with Crippen LogP contribution in [-0.4, -0.2) is 56.5 Å². The van der Waals surface area contributed by atoms with Gasteiger partial charge in [-0.3, -0.25) is 9.59 Å². The van der Waals surface area contributed by atoms with Gasteiger partial charge in [0.05, 0.1) is 0 Å². The van der Waals surface area contributed by atoms with Gasteiger partial charge in [0.25, 0.3) is 0 Å². The number of hydrogen-bond donors (Lipinski definition) is 1. The fraction of sp³-hybridized carbons (Fsp3) is 0.364. The Morgan fingerprint density at radius 3 is 2.21 bits per heavy atom. The molecule has 148 valence electrons. The summed E-state index contributed by atoms with van der Waals surface area (Å²) in [5.41, 5.74) is 2.76. The Bertz CT molecular complexity index is 784. The summed E-state index contributed by atoms with van der Waals surface area (Å²) in [6.07, 6.45) is 0.245. The number of piperazine rings is 1. The maximum atomic E-state index is 12.3. The van der Waals surface area contributed by atoms with E-state index in [0.29, 0.717) is 6.54 Å². The highest BCUT2D eigenvalue weighted by Crippen LogP contribution is 2.20. The molecule has 0 bridgehead atoms. The molecule has 0 aliphatic carbocycles. The van der Waals surface area contributed by atoms with E-state index in [9.17, 15) is 9.59 Å². The van der Waals surface area contributed by atoms with Gasteiger partial charge in [-0.05, 0) is 43.4 Å². The average Bonchev–Trinajstić information content (AvgIpc) is 2.70. The minimum atomic E-state index is -0.102. The van der Waals surface area contributed by atoms with Crippen molar-refractivity contribution in [3.63, 3.8) is 0 Å². The molecule has 0 radical (unpaired) electrons. The second-order valence-corrected chi connectivity index (χ2v) is 7.14. The molecule has 0 spiro atoms. The first-order chi connectivity index (χ1) is 13.5. The van der Waals surface area contributed by atoms with E-state index in [0.717, 1.165) is 37.6 Å². The molecule has 1 fully saturated rings. The van der Waals surface area contributed by atoms with Crippen molar-refractivity contribution >= 4 is 28.9 Å². The highest BCUT2D eigenvalue weighted by atomic mass is 16.2. The molecule has 1 N–H and O–H groups in total. The van der Waals surface area contributed by atoms with Gasteiger partial charge in [-0.15, -0.1) is 0 Å². The van der Waals surface area contributed by atoms with Crippen LogP contribution in [0.3, 0.4) is 0 Å². The van der Waals surface area contributed by atoms with E-state index in [1.807, 2.05) is 54.6 Å². The van der Waals surface area contributed by atoms with Gasteiger partial charge in [0, 0.05) is 63.1 Å². The van der Waals surface area contributed by atoms with E-state index in [1.165, 1.54) is 12.6 Å². The zero-order valence-electron chi connectivity index (χ0n) is 16.6. The maximum absolute atomic E-state index is 12.3. The molecule has 28 heavy (non-hydrogen) atoms. The second-order valence-electron chi connectivity index (χ2n) is 7.14. The first-order valence-corrected chi connectivity index (χ1v) is 9.69. The normalized spacial score (nSPS) is 14.6. The molecule has 0 saturated carbocycles. The van der Waals surface area contributed by atoms with Crippen LogP contribution < -0.4 is 15.1 Å². The number of likely N-dealkylation sites (N-methyl/N-ethyl adjacent to an activating group) is 1. The Kier molecular flexibility index (Phi) is 6.66. The number of benzene rings is 2. The van der Waals surface area contributed by atoms with E-state index in [2.05, 4.69) is 22.2 Å². The van der Waals surface area contributed by atoms with Gasteiger partial charge in [0.2, 0.25) is 11.8 Å². The fourth-order valence-corrected chi connectivity index (χ4v) is 3.33. The minimum absolute atomic E-state index is 0.0736. The molecular weight excluding hydrogens is 352 g/mol. The SMILES string of the molecule is CC(=O)N(CCC(=O)Nc1ccc(N2CCN(C)CC2)cc1)c1ccccc1. The third-order valence-electron chi connectivity index (χ3n) is 5.03. The molecule has 1 aliphatic rings. The highest BCUT2D eigenvalue weighted by molar-refractivity contribution is 5.94. The molecule has 2 aromatic carbocycles. The van der Waals surface area contributed by atoms with Gasteiger partial charge in [-0.2, -0.15) is 0 Å². The molecule has 1 heterocycles. The smallest absolute Gasteiger partial charge is 0.226 e. The van der Waals surface area contributed by atoms with Crippen LogP contribution in [0.2, 0.25) is 0 Å². The number of carbonyl (C=O) groups is 2. The minimum Gasteiger partial charge on any atom is -0.369 e. The van der Waals surface area contributed by atoms with Crippen LogP contribution in [-0.2, 0) is 9.59 Å². The van der Waals surface area contributed by atoms with E-state index in [-0.39, 0.29) is 18.2 Å². The van der Waals surface area contributed by atoms with E-state index < -0.39 is 0 Å². The lowest BCUT2D eigenvalue weighted by atomic mass is 10.2. The monoisotopic (exact) mass is 380 g/mol. The van der Waals surface area contributed by atoms with Crippen molar-refractivity contribution < 1.29 is 9.59 Å². The highest BCUT2D eigenvalue weighted by Gasteiger charge is 2.15. The van der Waals surface area contributed by atoms with Gasteiger partial charge in [-0.25, -0.2) is 0 Å². The molecule has 6 heteroatoms. The fourth-order valence-electron chi connectivity index (χ4n) is 3.33. The Morgan fingerprint density at radius 1 is 0.964 bits per heavy atom. The van der Waals surface area contributed by atoms with Crippen LogP contribution in [0.25, 0.3) is 0 Å². The lowest BCUT2D eigenvalue weighted by Crippen LogP contribution is -2.44. The molecule has 0 unspecified atom stereocenters. The van der Waals surface area contributed by atoms with Crippen molar-refractivity contribution in [3.8, 4) is 0 Å². The molecular formula is C22H28N4O2. The van der Waals surface area contributed by atoms with Crippen LogP contribution >= 0.6 is 0 Å². The van der Waals surface area contributed by atoms with Gasteiger partial charge in [0.15, 0.2) is 0 Å². The Hall–Kier alpha value is -2.86. The summed E-state index contributed by atoms with van der Waals surface area (Å²) < 4.78 is 0. The average molecular weight is 380 g/mol. The number of amides is 2. The molecule has 0 atom stereocenters. The molecule has 2 amide bonds. The quantitative estimate of drug-likeness (QED) is 0.837. The molecule has 3 rings (SSSR count). The number of para-hydroxylation sites is 1. The topological polar surface area (TPSA) is 55.9 Å². The van der Waals surface area contributed by atoms with Crippen molar-refractivity contribution in [2.24, 2.45) is 0 Å². The van der Waals surface area contributed by atoms with Gasteiger partial charge in [-0.1, -0.05) is 18.2 Å². The van der Waals surface area contributed by atoms with Crippen molar-refractivity contribution in [2.45, 2.75) is 13.3 Å². The molecule has 6 nitrogen and oxygen atoms in total. The van der Waals surface area contributed by atoms with Crippen molar-refractivity contribution in [1.29, 1.82) is 0 Å². The second kappa shape index (κ2) is 9.37. The Morgan fingerprint density at radius 2 is 1.61 bits per heavy atom. The number of hydrogen-bond acceptors (Lipinski definition) is 4. The summed E-state index contributed by atoms with van der Waals surface area (Å²) in [5, 5.41) is 2.92. The van der Waals surface area contributed by atoms with E-state index >= 15 is 0 Å². The van der Waals surface area contributed by atoms with Crippen molar-refractivity contribution in [3.05, 3.63) is 54.6 Å². The summed E-state index contributed by atoms with van der Waals surface area (Å²) >= 11 is 0. The lowest BCUT2D eigenvalue weighted by Gasteiger charge is -2.34. The number of nitrogens with zero attached hydrogens (tertiary/aromatic N) is 3. The predicted molar refractivity (Wildman–Crippen MR) is 114 cm³/mol. The van der Waals surface area contributed by atoms with Crippen LogP contribution in [0.4, 0.5) is 17.1 Å². The van der Waals surface area contributed by atoms with E-state index in [1.54, 1.807) is 4.90 Å². The third kappa shape index (κ3) is 5.33. The predicted octanol–water partition coefficient (Wildman–Crippen LogP) is 2.82. The van der Waals surface area contributed by atoms with Gasteiger partial charge < -0.3 is 20.0 Å². The maximum Gasteiger partial charge on any atom is 0.226 e. The number of nitrogens with one attached hydrogen (secondary N) is 1. The summed E-state index contributed by atoms with van der Waals surface area (Å²) in [6, 6.07) is 17.4. The number of anilines is 3. The van der Waals surface area contributed by atoms with Crippen molar-refractivity contribution in [2.75, 3.05) is 54.9 Å². The Balaban J connectivity index is 1.52. The first kappa shape index (κ1) is 19.9. The van der Waals surface area contributed by atoms with Gasteiger partial charge in [0.1, 0.15) is 0 Å². The van der Waals surface area contributed by atoms with Crippen molar-refractivity contribution in [1.82, 2.24) is 4.90 Å². The summed E-state index contributed by atoms with van der Waals surface area (Å²) in [6.45, 7) is 6.02. The van der Waals surface area contributed by atoms with Crippen LogP contribution in [0, 0.1) is 0 Å². The zero-order chi connectivity index (χ0) is 19.9. The van der Waals surface area contributed by atoms with Gasteiger partial charge >= 0.3 is 0 Å². The first-order valence-electron chi connectivity index (χ1n) is 9.69. The lowest BCUT2D eigenvalue weighted by molar-refractivity contribution is -0.117. The third-order valence-corrected chi connectivity index (χ3v) is 5.03. The van der Waals surface area contributed by atoms with Crippen LogP contribution in [0.5, 0.6) is 0 Å². The summed E-state index contributed by atoms with van der Waals surface area (Å²) in [7, 11) is 2.14. The standard InChI is InChI=1S/C22H28N4O2/c1-18(27)26(21-6-4-3-5-7-21)13-12-22(28)23-19-8-10-20(11-9-19)25-16-14-24(2)15-17-25/h3-11H,12-17H2,1-2H3,(H,23,28). The Labute approximate surface area is 166 Å². The summed E-state index contributed by atoms with van der Waals surface area (Å²) in [5.74, 6) is -0.176. The molecule has 0 aromatic heterocycles. The number of carbonyl (C=O) groups excluding carboxylic acids is 2. The van der Waals surface area contributed by atoms with E-state index in [4.69, 9.17) is 0 Å². The summed E-state index contributed by atoms with van der Waals surface area (Å²) in [4.78, 5) is 30.5. The molecule has 2 aromatic rings. The zero-order valence-corrected chi connectivity index (χ0v) is 16.6. The molecule has 1 aliphatic heterocycles. The van der Waals surface area contributed by atoms with Crippen LogP contribution in [0.1, 0.15) is 13.3 Å². The molecule has 1 saturated heterocycles. The number of rotatable bonds is 6. The van der Waals surface area contributed by atoms with Crippen LogP contribution in [0.15, 0.2) is 54.6 Å². The largest absolute Gasteiger partial charge is 0.369 e.